The predicted octanol–water partition coefficient (Wildman–Crippen LogP) is 2.87. The summed E-state index contributed by atoms with van der Waals surface area (Å²) in [6, 6.07) is 10.9. The average molecular weight is 283 g/mol. The number of hydrogen-bond donors (Lipinski definition) is 1. The minimum absolute atomic E-state index is 0.137. The van der Waals surface area contributed by atoms with E-state index in [9.17, 15) is 4.79 Å². The quantitative estimate of drug-likeness (QED) is 0.786. The van der Waals surface area contributed by atoms with Gasteiger partial charge < -0.3 is 4.74 Å². The number of ether oxygens (including phenoxy) is 1. The Labute approximate surface area is 122 Å². The molecule has 0 bridgehead atoms. The molecule has 0 fully saturated rings. The largest absolute Gasteiger partial charge is 0.488 e. The van der Waals surface area contributed by atoms with Crippen molar-refractivity contribution in [2.45, 2.75) is 26.4 Å². The van der Waals surface area contributed by atoms with Gasteiger partial charge in [-0.3, -0.25) is 9.89 Å². The highest BCUT2D eigenvalue weighted by Crippen LogP contribution is 2.24. The Kier molecular flexibility index (Phi) is 3.05. The van der Waals surface area contributed by atoms with Crippen molar-refractivity contribution < 1.29 is 4.74 Å². The van der Waals surface area contributed by atoms with Crippen LogP contribution in [0.15, 0.2) is 47.4 Å². The first-order valence-corrected chi connectivity index (χ1v) is 6.79. The average Bonchev–Trinajstić information content (AvgIpc) is 2.86. The number of benzene rings is 1. The third kappa shape index (κ3) is 2.81. The van der Waals surface area contributed by atoms with E-state index in [1.54, 1.807) is 12.3 Å². The maximum Gasteiger partial charge on any atom is 0.273 e. The number of rotatable bonds is 2. The van der Waals surface area contributed by atoms with Gasteiger partial charge in [-0.15, -0.1) is 0 Å². The molecular formula is C16H17N3O2. The molecule has 0 aliphatic heterocycles. The summed E-state index contributed by atoms with van der Waals surface area (Å²) in [6.07, 6.45) is 1.69. The van der Waals surface area contributed by atoms with E-state index in [2.05, 4.69) is 10.1 Å². The van der Waals surface area contributed by atoms with Crippen molar-refractivity contribution in [2.24, 2.45) is 0 Å². The third-order valence-electron chi connectivity index (χ3n) is 2.93. The Morgan fingerprint density at radius 1 is 1.19 bits per heavy atom. The zero-order valence-electron chi connectivity index (χ0n) is 12.3. The lowest BCUT2D eigenvalue weighted by Crippen LogP contribution is -2.22. The molecule has 3 aromatic rings. The smallest absolute Gasteiger partial charge is 0.273 e. The summed E-state index contributed by atoms with van der Waals surface area (Å²) >= 11 is 0. The van der Waals surface area contributed by atoms with Gasteiger partial charge in [0.05, 0.1) is 5.69 Å². The number of aromatic nitrogens is 3. The second-order valence-electron chi connectivity index (χ2n) is 5.88. The van der Waals surface area contributed by atoms with Crippen molar-refractivity contribution in [3.05, 3.63) is 52.9 Å². The van der Waals surface area contributed by atoms with Crippen LogP contribution in [-0.2, 0) is 0 Å². The summed E-state index contributed by atoms with van der Waals surface area (Å²) in [6.45, 7) is 5.99. The molecule has 0 aliphatic rings. The van der Waals surface area contributed by atoms with Crippen LogP contribution >= 0.6 is 0 Å². The first-order chi connectivity index (χ1) is 9.92. The second-order valence-corrected chi connectivity index (χ2v) is 5.88. The number of nitrogens with zero attached hydrogens (tertiary/aromatic N) is 2. The van der Waals surface area contributed by atoms with Crippen LogP contribution in [0.2, 0.25) is 0 Å². The molecule has 108 valence electrons. The van der Waals surface area contributed by atoms with Crippen molar-refractivity contribution in [1.82, 2.24) is 14.6 Å². The van der Waals surface area contributed by atoms with Crippen LogP contribution < -0.4 is 10.3 Å². The lowest BCUT2D eigenvalue weighted by Gasteiger charge is -2.21. The lowest BCUT2D eigenvalue weighted by atomic mass is 10.1. The summed E-state index contributed by atoms with van der Waals surface area (Å²) in [5, 5.41) is 2.83. The van der Waals surface area contributed by atoms with Gasteiger partial charge in [-0.25, -0.2) is 9.50 Å². The number of aromatic amines is 1. The van der Waals surface area contributed by atoms with Crippen LogP contribution in [0.1, 0.15) is 20.8 Å². The normalized spacial score (nSPS) is 11.8. The topological polar surface area (TPSA) is 59.4 Å². The summed E-state index contributed by atoms with van der Waals surface area (Å²) in [4.78, 5) is 16.5. The predicted molar refractivity (Wildman–Crippen MR) is 81.6 cm³/mol. The molecule has 5 heteroatoms. The molecule has 2 heterocycles. The van der Waals surface area contributed by atoms with Crippen molar-refractivity contribution in [3.63, 3.8) is 0 Å². The summed E-state index contributed by atoms with van der Waals surface area (Å²) < 4.78 is 7.25. The minimum atomic E-state index is -0.268. The van der Waals surface area contributed by atoms with Crippen LogP contribution in [0.3, 0.4) is 0 Å². The van der Waals surface area contributed by atoms with Crippen molar-refractivity contribution in [1.29, 1.82) is 0 Å². The molecule has 0 amide bonds. The Morgan fingerprint density at radius 2 is 2.00 bits per heavy atom. The van der Waals surface area contributed by atoms with E-state index in [1.165, 1.54) is 10.6 Å². The van der Waals surface area contributed by atoms with Crippen LogP contribution in [0.5, 0.6) is 5.75 Å². The van der Waals surface area contributed by atoms with Gasteiger partial charge in [-0.1, -0.05) is 12.1 Å². The van der Waals surface area contributed by atoms with Gasteiger partial charge >= 0.3 is 0 Å². The SMILES string of the molecule is CC(C)(C)Oc1cccc(-c2cc(=O)n3[nH]ccc3n2)c1. The van der Waals surface area contributed by atoms with E-state index in [-0.39, 0.29) is 11.2 Å². The van der Waals surface area contributed by atoms with Crippen LogP contribution in [-0.4, -0.2) is 20.2 Å². The Hall–Kier alpha value is -2.56. The number of nitrogens with one attached hydrogen (secondary N) is 1. The summed E-state index contributed by atoms with van der Waals surface area (Å²) in [5.74, 6) is 0.760. The minimum Gasteiger partial charge on any atom is -0.488 e. The van der Waals surface area contributed by atoms with E-state index in [0.29, 0.717) is 11.3 Å². The molecule has 21 heavy (non-hydrogen) atoms. The zero-order chi connectivity index (χ0) is 15.0. The Morgan fingerprint density at radius 3 is 2.76 bits per heavy atom. The Balaban J connectivity index is 2.06. The molecule has 0 saturated heterocycles. The lowest BCUT2D eigenvalue weighted by molar-refractivity contribution is 0.131. The summed E-state index contributed by atoms with van der Waals surface area (Å²) in [5.41, 5.74) is 1.69. The molecule has 5 nitrogen and oxygen atoms in total. The maximum atomic E-state index is 12.0. The van der Waals surface area contributed by atoms with Gasteiger partial charge in [0.15, 0.2) is 5.65 Å². The van der Waals surface area contributed by atoms with Gasteiger partial charge in [0.25, 0.3) is 5.56 Å². The molecule has 0 unspecified atom stereocenters. The molecule has 0 aliphatic carbocycles. The highest BCUT2D eigenvalue weighted by atomic mass is 16.5. The maximum absolute atomic E-state index is 12.0. The first kappa shape index (κ1) is 13.4. The molecule has 1 N–H and O–H groups in total. The van der Waals surface area contributed by atoms with E-state index in [4.69, 9.17) is 4.74 Å². The van der Waals surface area contributed by atoms with Crippen molar-refractivity contribution in [2.75, 3.05) is 0 Å². The van der Waals surface area contributed by atoms with Crippen LogP contribution in [0.25, 0.3) is 16.9 Å². The molecular weight excluding hydrogens is 266 g/mol. The standard InChI is InChI=1S/C16H17N3O2/c1-16(2,3)21-12-6-4-5-11(9-12)13-10-15(20)19-14(18-13)7-8-17-19/h4-10,17H,1-3H3. The van der Waals surface area contributed by atoms with Gasteiger partial charge in [0.1, 0.15) is 11.4 Å². The number of H-pyrrole nitrogens is 1. The molecule has 1 aromatic carbocycles. The Bertz CT molecular complexity index is 840. The van der Waals surface area contributed by atoms with Crippen molar-refractivity contribution in [3.8, 4) is 17.0 Å². The van der Waals surface area contributed by atoms with Gasteiger partial charge in [0.2, 0.25) is 0 Å². The fourth-order valence-electron chi connectivity index (χ4n) is 2.15. The van der Waals surface area contributed by atoms with Crippen LogP contribution in [0.4, 0.5) is 0 Å². The van der Waals surface area contributed by atoms with Crippen molar-refractivity contribution >= 4 is 5.65 Å². The molecule has 2 aromatic heterocycles. The number of hydrogen-bond acceptors (Lipinski definition) is 3. The van der Waals surface area contributed by atoms with E-state index >= 15 is 0 Å². The van der Waals surface area contributed by atoms with E-state index in [0.717, 1.165) is 11.3 Å². The van der Waals surface area contributed by atoms with Gasteiger partial charge in [-0.05, 0) is 32.9 Å². The third-order valence-corrected chi connectivity index (χ3v) is 2.93. The molecule has 0 radical (unpaired) electrons. The highest BCUT2D eigenvalue weighted by molar-refractivity contribution is 5.63. The van der Waals surface area contributed by atoms with Gasteiger partial charge in [0, 0.05) is 23.9 Å². The van der Waals surface area contributed by atoms with E-state index < -0.39 is 0 Å². The molecule has 3 rings (SSSR count). The fourth-order valence-corrected chi connectivity index (χ4v) is 2.15. The van der Waals surface area contributed by atoms with E-state index in [1.807, 2.05) is 45.0 Å². The molecule has 0 spiro atoms. The first-order valence-electron chi connectivity index (χ1n) is 6.79. The zero-order valence-corrected chi connectivity index (χ0v) is 12.3. The molecule has 0 saturated carbocycles. The monoisotopic (exact) mass is 283 g/mol. The number of fused-ring (bicyclic) bond motifs is 1. The van der Waals surface area contributed by atoms with Gasteiger partial charge in [-0.2, -0.15) is 0 Å². The summed E-state index contributed by atoms with van der Waals surface area (Å²) in [7, 11) is 0. The fraction of sp³-hybridized carbons (Fsp3) is 0.250. The molecule has 0 atom stereocenters. The highest BCUT2D eigenvalue weighted by Gasteiger charge is 2.13. The van der Waals surface area contributed by atoms with Crippen LogP contribution in [0, 0.1) is 0 Å². The second kappa shape index (κ2) is 4.77.